The average Bonchev–Trinajstić information content (AvgIpc) is 2.99. The normalized spacial score (nSPS) is 48.5. The van der Waals surface area contributed by atoms with Gasteiger partial charge in [0.05, 0.1) is 0 Å². The Labute approximate surface area is 188 Å². The van der Waals surface area contributed by atoms with Gasteiger partial charge in [0.15, 0.2) is 0 Å². The van der Waals surface area contributed by atoms with Crippen molar-refractivity contribution in [3.05, 3.63) is 11.6 Å². The van der Waals surface area contributed by atoms with Crippen LogP contribution < -0.4 is 0 Å². The molecule has 0 aromatic rings. The number of hydrogen-bond acceptors (Lipinski definition) is 0. The van der Waals surface area contributed by atoms with E-state index < -0.39 is 0 Å². The summed E-state index contributed by atoms with van der Waals surface area (Å²) >= 11 is 0. The first-order chi connectivity index (χ1) is 14.4. The number of rotatable bonds is 5. The van der Waals surface area contributed by atoms with Gasteiger partial charge < -0.3 is 0 Å². The Morgan fingerprint density at radius 2 is 1.77 bits per heavy atom. The Hall–Kier alpha value is -0.260. The van der Waals surface area contributed by atoms with Crippen LogP contribution in [0.4, 0.5) is 0 Å². The fourth-order valence-corrected chi connectivity index (χ4v) is 10.2. The molecule has 0 amide bonds. The zero-order valence-corrected chi connectivity index (χ0v) is 20.9. The highest BCUT2D eigenvalue weighted by Crippen LogP contribution is 2.72. The lowest BCUT2D eigenvalue weighted by Crippen LogP contribution is -2.56. The smallest absolute Gasteiger partial charge is 0.00286 e. The third kappa shape index (κ3) is 3.20. The number of fused-ring (bicyclic) bond motifs is 3. The summed E-state index contributed by atoms with van der Waals surface area (Å²) in [6.45, 7) is 12.7. The van der Waals surface area contributed by atoms with Crippen molar-refractivity contribution in [3.8, 4) is 0 Å². The van der Waals surface area contributed by atoms with Crippen LogP contribution in [-0.2, 0) is 0 Å². The van der Waals surface area contributed by atoms with Crippen LogP contribution in [0.3, 0.4) is 0 Å². The highest BCUT2D eigenvalue weighted by Gasteiger charge is 2.63. The van der Waals surface area contributed by atoms with Gasteiger partial charge in [-0.2, -0.15) is 0 Å². The topological polar surface area (TPSA) is 0 Å². The molecule has 0 saturated heterocycles. The second-order valence-electron chi connectivity index (χ2n) is 13.5. The minimum atomic E-state index is 0.650. The molecule has 0 nitrogen and oxygen atoms in total. The van der Waals surface area contributed by atoms with Crippen molar-refractivity contribution in [2.75, 3.05) is 0 Å². The molecule has 0 aliphatic heterocycles. The second-order valence-corrected chi connectivity index (χ2v) is 13.5. The van der Waals surface area contributed by atoms with E-state index >= 15 is 0 Å². The van der Waals surface area contributed by atoms with E-state index in [9.17, 15) is 0 Å². The maximum absolute atomic E-state index is 2.83. The van der Waals surface area contributed by atoms with Crippen molar-refractivity contribution in [2.24, 2.45) is 58.2 Å². The van der Waals surface area contributed by atoms with E-state index in [-0.39, 0.29) is 0 Å². The summed E-state index contributed by atoms with van der Waals surface area (Å²) in [6.07, 6.45) is 22.4. The molecule has 0 radical (unpaired) electrons. The molecule has 5 rings (SSSR count). The third-order valence-electron chi connectivity index (χ3n) is 11.7. The van der Waals surface area contributed by atoms with Crippen LogP contribution in [-0.4, -0.2) is 0 Å². The standard InChI is InChI=1S/C30H50/c1-20(2)7-6-8-22(4)26-13-14-27-25-12-11-24-19-21(3)9-10-23-15-18-30(23,24)28(25)16-17-29(26,27)5/h11,20-23,25-28H,6-10,12-19H2,1-5H3/t21-,22-,23-,25?,26+,27?,28?,29+,30?/m1/s1. The Morgan fingerprint density at radius 3 is 2.50 bits per heavy atom. The molecule has 0 N–H and O–H groups in total. The van der Waals surface area contributed by atoms with E-state index in [0.717, 1.165) is 47.3 Å². The van der Waals surface area contributed by atoms with Crippen molar-refractivity contribution < 1.29 is 0 Å². The van der Waals surface area contributed by atoms with Crippen LogP contribution in [0.25, 0.3) is 0 Å². The zero-order valence-electron chi connectivity index (χ0n) is 20.9. The average molecular weight is 411 g/mol. The Balaban J connectivity index is 1.35. The third-order valence-corrected chi connectivity index (χ3v) is 11.7. The van der Waals surface area contributed by atoms with Crippen molar-refractivity contribution in [1.82, 2.24) is 0 Å². The van der Waals surface area contributed by atoms with Crippen LogP contribution in [0.2, 0.25) is 0 Å². The van der Waals surface area contributed by atoms with Gasteiger partial charge in [-0.1, -0.05) is 72.0 Å². The highest BCUT2D eigenvalue weighted by atomic mass is 14.7. The largest absolute Gasteiger partial charge is 0.0844 e. The van der Waals surface area contributed by atoms with Crippen LogP contribution >= 0.6 is 0 Å². The SMILES string of the molecule is CC(C)CCC[C@@H](C)[C@@H]1CCC2C3CC=C4C[C@H](C)CC[C@@H]5CCC45C3CC[C@]21C. The highest BCUT2D eigenvalue weighted by molar-refractivity contribution is 5.29. The molecule has 9 atom stereocenters. The van der Waals surface area contributed by atoms with Gasteiger partial charge in [0, 0.05) is 0 Å². The van der Waals surface area contributed by atoms with E-state index in [1.165, 1.54) is 44.9 Å². The molecule has 4 fully saturated rings. The van der Waals surface area contributed by atoms with E-state index in [1.807, 2.05) is 5.57 Å². The molecular formula is C30H50. The van der Waals surface area contributed by atoms with Gasteiger partial charge in [-0.05, 0) is 116 Å². The molecule has 0 aromatic carbocycles. The first-order valence-corrected chi connectivity index (χ1v) is 14.1. The Kier molecular flexibility index (Phi) is 5.72. The van der Waals surface area contributed by atoms with Gasteiger partial charge in [0.2, 0.25) is 0 Å². The van der Waals surface area contributed by atoms with Crippen LogP contribution in [0.1, 0.15) is 118 Å². The number of allylic oxidation sites excluding steroid dienone is 2. The summed E-state index contributed by atoms with van der Waals surface area (Å²) in [5.41, 5.74) is 3.29. The molecule has 4 saturated carbocycles. The van der Waals surface area contributed by atoms with E-state index in [0.29, 0.717) is 10.8 Å². The molecule has 170 valence electrons. The maximum atomic E-state index is 2.83. The van der Waals surface area contributed by atoms with E-state index in [2.05, 4.69) is 40.7 Å². The van der Waals surface area contributed by atoms with Crippen molar-refractivity contribution in [3.63, 3.8) is 0 Å². The Morgan fingerprint density at radius 1 is 0.933 bits per heavy atom. The van der Waals surface area contributed by atoms with Crippen LogP contribution in [0, 0.1) is 58.2 Å². The molecule has 30 heavy (non-hydrogen) atoms. The molecular weight excluding hydrogens is 360 g/mol. The van der Waals surface area contributed by atoms with Gasteiger partial charge in [-0.15, -0.1) is 0 Å². The molecule has 5 aliphatic rings. The van der Waals surface area contributed by atoms with Crippen molar-refractivity contribution in [1.29, 1.82) is 0 Å². The van der Waals surface area contributed by atoms with Gasteiger partial charge in [0.1, 0.15) is 0 Å². The lowest BCUT2D eigenvalue weighted by atomic mass is 9.41. The minimum absolute atomic E-state index is 0.650. The number of hydrogen-bond donors (Lipinski definition) is 0. The predicted molar refractivity (Wildman–Crippen MR) is 129 cm³/mol. The summed E-state index contributed by atoms with van der Waals surface area (Å²) in [4.78, 5) is 0. The van der Waals surface area contributed by atoms with Gasteiger partial charge in [0.25, 0.3) is 0 Å². The van der Waals surface area contributed by atoms with E-state index in [1.54, 1.807) is 38.5 Å². The zero-order chi connectivity index (χ0) is 21.1. The van der Waals surface area contributed by atoms with Gasteiger partial charge >= 0.3 is 0 Å². The monoisotopic (exact) mass is 410 g/mol. The fraction of sp³-hybridized carbons (Fsp3) is 0.933. The summed E-state index contributed by atoms with van der Waals surface area (Å²) in [6, 6.07) is 0. The molecule has 0 heterocycles. The summed E-state index contributed by atoms with van der Waals surface area (Å²) in [5.74, 6) is 7.92. The molecule has 4 unspecified atom stereocenters. The molecule has 5 aliphatic carbocycles. The lowest BCUT2D eigenvalue weighted by Gasteiger charge is -2.64. The van der Waals surface area contributed by atoms with Crippen molar-refractivity contribution >= 4 is 0 Å². The Bertz CT molecular complexity index is 657. The molecule has 0 heteroatoms. The lowest BCUT2D eigenvalue weighted by molar-refractivity contribution is -0.104. The van der Waals surface area contributed by atoms with Gasteiger partial charge in [-0.3, -0.25) is 0 Å². The summed E-state index contributed by atoms with van der Waals surface area (Å²) < 4.78 is 0. The minimum Gasteiger partial charge on any atom is -0.0844 e. The van der Waals surface area contributed by atoms with Crippen LogP contribution in [0.5, 0.6) is 0 Å². The molecule has 0 aromatic heterocycles. The van der Waals surface area contributed by atoms with Crippen molar-refractivity contribution in [2.45, 2.75) is 118 Å². The maximum Gasteiger partial charge on any atom is -0.00286 e. The van der Waals surface area contributed by atoms with Crippen LogP contribution in [0.15, 0.2) is 11.6 Å². The first kappa shape index (κ1) is 21.6. The van der Waals surface area contributed by atoms with Gasteiger partial charge in [-0.25, -0.2) is 0 Å². The quantitative estimate of drug-likeness (QED) is 0.396. The fourth-order valence-electron chi connectivity index (χ4n) is 10.2. The summed E-state index contributed by atoms with van der Waals surface area (Å²) in [5, 5.41) is 0. The second kappa shape index (κ2) is 7.95. The summed E-state index contributed by atoms with van der Waals surface area (Å²) in [7, 11) is 0. The molecule has 0 bridgehead atoms. The predicted octanol–water partition coefficient (Wildman–Crippen LogP) is 9.05. The van der Waals surface area contributed by atoms with E-state index in [4.69, 9.17) is 0 Å². The molecule has 1 spiro atoms. The first-order valence-electron chi connectivity index (χ1n) is 14.1.